The van der Waals surface area contributed by atoms with Gasteiger partial charge in [0.15, 0.2) is 11.5 Å². The first kappa shape index (κ1) is 15.3. The predicted octanol–water partition coefficient (Wildman–Crippen LogP) is 2.61. The van der Waals surface area contributed by atoms with E-state index in [1.165, 1.54) is 0 Å². The summed E-state index contributed by atoms with van der Waals surface area (Å²) >= 11 is 0. The first-order chi connectivity index (χ1) is 11.2. The number of carbonyl (C=O) groups is 1. The number of nitrogens with zero attached hydrogens (tertiary/aromatic N) is 5. The predicted molar refractivity (Wildman–Crippen MR) is 89.3 cm³/mol. The van der Waals surface area contributed by atoms with Crippen molar-refractivity contribution < 1.29 is 4.79 Å². The Bertz CT molecular complexity index is 832. The second kappa shape index (κ2) is 6.24. The molecular weight excluding hydrogens is 290 g/mol. The number of hydrogen-bond acceptors (Lipinski definition) is 3. The van der Waals surface area contributed by atoms with Crippen LogP contribution in [-0.4, -0.2) is 42.8 Å². The summed E-state index contributed by atoms with van der Waals surface area (Å²) in [5.74, 6) is 0.664. The number of pyridine rings is 1. The zero-order chi connectivity index (χ0) is 16.4. The highest BCUT2D eigenvalue weighted by Gasteiger charge is 2.22. The van der Waals surface area contributed by atoms with Crippen LogP contribution < -0.4 is 0 Å². The second-order valence-electron chi connectivity index (χ2n) is 5.55. The molecule has 6 heteroatoms. The van der Waals surface area contributed by atoms with Crippen molar-refractivity contribution in [3.63, 3.8) is 0 Å². The van der Waals surface area contributed by atoms with Crippen molar-refractivity contribution in [3.8, 4) is 11.5 Å². The van der Waals surface area contributed by atoms with E-state index in [9.17, 15) is 4.79 Å². The van der Waals surface area contributed by atoms with Crippen LogP contribution in [0.5, 0.6) is 0 Å². The fraction of sp³-hybridized carbons (Fsp3) is 0.353. The van der Waals surface area contributed by atoms with E-state index in [0.29, 0.717) is 18.1 Å². The van der Waals surface area contributed by atoms with E-state index < -0.39 is 0 Å². The molecule has 0 unspecified atom stereocenters. The van der Waals surface area contributed by atoms with Gasteiger partial charge in [-0.05, 0) is 25.5 Å². The smallest absolute Gasteiger partial charge is 0.274 e. The lowest BCUT2D eigenvalue weighted by molar-refractivity contribution is 0.0761. The molecule has 0 aliphatic rings. The van der Waals surface area contributed by atoms with Gasteiger partial charge in [0.25, 0.3) is 5.91 Å². The minimum absolute atomic E-state index is 0.0276. The van der Waals surface area contributed by atoms with Crippen LogP contribution in [0.3, 0.4) is 0 Å². The van der Waals surface area contributed by atoms with Crippen LogP contribution in [0.2, 0.25) is 0 Å². The van der Waals surface area contributed by atoms with Crippen molar-refractivity contribution in [2.75, 3.05) is 13.1 Å². The van der Waals surface area contributed by atoms with Crippen LogP contribution >= 0.6 is 0 Å². The van der Waals surface area contributed by atoms with E-state index in [2.05, 4.69) is 16.9 Å². The van der Waals surface area contributed by atoms with Crippen molar-refractivity contribution in [3.05, 3.63) is 42.6 Å². The van der Waals surface area contributed by atoms with Gasteiger partial charge in [-0.25, -0.2) is 9.97 Å². The molecule has 0 spiro atoms. The minimum Gasteiger partial charge on any atom is -0.340 e. The second-order valence-corrected chi connectivity index (χ2v) is 5.55. The van der Waals surface area contributed by atoms with E-state index in [0.717, 1.165) is 24.2 Å². The van der Waals surface area contributed by atoms with Crippen molar-refractivity contribution in [2.24, 2.45) is 7.05 Å². The largest absolute Gasteiger partial charge is 0.340 e. The van der Waals surface area contributed by atoms with Crippen molar-refractivity contribution in [2.45, 2.75) is 20.3 Å². The monoisotopic (exact) mass is 311 g/mol. The zero-order valence-electron chi connectivity index (χ0n) is 13.7. The SMILES string of the molecule is CCCN(CC)C(=O)c1nc(-c2cn(C)cn2)n2ccccc12. The number of rotatable bonds is 5. The summed E-state index contributed by atoms with van der Waals surface area (Å²) < 4.78 is 3.80. The number of carbonyl (C=O) groups excluding carboxylic acids is 1. The molecule has 0 aromatic carbocycles. The Labute approximate surface area is 135 Å². The highest BCUT2D eigenvalue weighted by atomic mass is 16.2. The van der Waals surface area contributed by atoms with Crippen LogP contribution in [-0.2, 0) is 7.05 Å². The summed E-state index contributed by atoms with van der Waals surface area (Å²) in [5.41, 5.74) is 2.06. The molecule has 0 bridgehead atoms. The van der Waals surface area contributed by atoms with Gasteiger partial charge in [0.2, 0.25) is 0 Å². The molecule has 0 N–H and O–H groups in total. The number of aryl methyl sites for hydroxylation is 1. The summed E-state index contributed by atoms with van der Waals surface area (Å²) in [7, 11) is 1.92. The molecule has 0 aliphatic carbocycles. The van der Waals surface area contributed by atoms with Crippen molar-refractivity contribution in [1.82, 2.24) is 23.8 Å². The highest BCUT2D eigenvalue weighted by molar-refractivity contribution is 6.00. The van der Waals surface area contributed by atoms with Crippen LogP contribution in [0.15, 0.2) is 36.9 Å². The highest BCUT2D eigenvalue weighted by Crippen LogP contribution is 2.22. The Morgan fingerprint density at radius 3 is 2.78 bits per heavy atom. The number of fused-ring (bicyclic) bond motifs is 1. The molecule has 0 saturated heterocycles. The van der Waals surface area contributed by atoms with Crippen LogP contribution in [0.25, 0.3) is 17.0 Å². The molecule has 6 nitrogen and oxygen atoms in total. The Kier molecular flexibility index (Phi) is 4.14. The molecule has 0 saturated carbocycles. The molecule has 3 aromatic rings. The Morgan fingerprint density at radius 2 is 2.13 bits per heavy atom. The van der Waals surface area contributed by atoms with E-state index in [1.54, 1.807) is 6.33 Å². The van der Waals surface area contributed by atoms with Gasteiger partial charge in [-0.2, -0.15) is 0 Å². The van der Waals surface area contributed by atoms with E-state index in [-0.39, 0.29) is 5.91 Å². The molecule has 3 rings (SSSR count). The van der Waals surface area contributed by atoms with Gasteiger partial charge in [-0.15, -0.1) is 0 Å². The summed E-state index contributed by atoms with van der Waals surface area (Å²) in [5, 5.41) is 0. The standard InChI is InChI=1S/C17H21N5O/c1-4-9-21(5-2)17(23)15-14-8-6-7-10-22(14)16(19-15)13-11-20(3)12-18-13/h6-8,10-12H,4-5,9H2,1-3H3. The maximum Gasteiger partial charge on any atom is 0.274 e. The lowest BCUT2D eigenvalue weighted by atomic mass is 10.3. The minimum atomic E-state index is -0.0276. The number of aromatic nitrogens is 4. The van der Waals surface area contributed by atoms with Crippen molar-refractivity contribution in [1.29, 1.82) is 0 Å². The molecule has 0 radical (unpaired) electrons. The molecule has 120 valence electrons. The van der Waals surface area contributed by atoms with Gasteiger partial charge in [-0.3, -0.25) is 9.20 Å². The molecule has 0 atom stereocenters. The van der Waals surface area contributed by atoms with Gasteiger partial charge < -0.3 is 9.47 Å². The maximum atomic E-state index is 12.9. The molecule has 23 heavy (non-hydrogen) atoms. The third kappa shape index (κ3) is 2.72. The average Bonchev–Trinajstić information content (AvgIpc) is 3.15. The Morgan fingerprint density at radius 1 is 1.30 bits per heavy atom. The Balaban J connectivity index is 2.13. The van der Waals surface area contributed by atoms with Gasteiger partial charge in [0, 0.05) is 32.5 Å². The van der Waals surface area contributed by atoms with E-state index in [1.807, 2.05) is 58.4 Å². The first-order valence-corrected chi connectivity index (χ1v) is 7.90. The van der Waals surface area contributed by atoms with Crippen molar-refractivity contribution >= 4 is 11.4 Å². The Hall–Kier alpha value is -2.63. The van der Waals surface area contributed by atoms with E-state index >= 15 is 0 Å². The fourth-order valence-electron chi connectivity index (χ4n) is 2.73. The summed E-state index contributed by atoms with van der Waals surface area (Å²) in [6.45, 7) is 5.48. The molecule has 0 fully saturated rings. The topological polar surface area (TPSA) is 55.4 Å². The number of imidazole rings is 2. The third-order valence-corrected chi connectivity index (χ3v) is 3.85. The molecular formula is C17H21N5O. The lowest BCUT2D eigenvalue weighted by Crippen LogP contribution is -2.31. The molecule has 0 aliphatic heterocycles. The van der Waals surface area contributed by atoms with Gasteiger partial charge in [0.1, 0.15) is 5.69 Å². The molecule has 1 amide bonds. The lowest BCUT2D eigenvalue weighted by Gasteiger charge is -2.18. The third-order valence-electron chi connectivity index (χ3n) is 3.85. The van der Waals surface area contributed by atoms with Gasteiger partial charge in [0.05, 0.1) is 11.8 Å². The summed E-state index contributed by atoms with van der Waals surface area (Å²) in [6.07, 6.45) is 6.48. The van der Waals surface area contributed by atoms with Crippen LogP contribution in [0, 0.1) is 0 Å². The first-order valence-electron chi connectivity index (χ1n) is 7.90. The van der Waals surface area contributed by atoms with E-state index in [4.69, 9.17) is 0 Å². The number of amides is 1. The van der Waals surface area contributed by atoms with Crippen LogP contribution in [0.4, 0.5) is 0 Å². The maximum absolute atomic E-state index is 12.9. The van der Waals surface area contributed by atoms with Gasteiger partial charge >= 0.3 is 0 Å². The van der Waals surface area contributed by atoms with Crippen LogP contribution in [0.1, 0.15) is 30.8 Å². The summed E-state index contributed by atoms with van der Waals surface area (Å²) in [4.78, 5) is 23.7. The molecule has 3 aromatic heterocycles. The van der Waals surface area contributed by atoms with Gasteiger partial charge in [-0.1, -0.05) is 13.0 Å². The normalized spacial score (nSPS) is 11.1. The zero-order valence-corrected chi connectivity index (χ0v) is 13.7. The molecule has 3 heterocycles. The summed E-state index contributed by atoms with van der Waals surface area (Å²) in [6, 6.07) is 5.78. The quantitative estimate of drug-likeness (QED) is 0.728. The average molecular weight is 311 g/mol. The fourth-order valence-corrected chi connectivity index (χ4v) is 2.73. The number of hydrogen-bond donors (Lipinski definition) is 0.